The highest BCUT2D eigenvalue weighted by Gasteiger charge is 2.06. The van der Waals surface area contributed by atoms with Gasteiger partial charge in [0.15, 0.2) is 0 Å². The molecule has 0 atom stereocenters. The van der Waals surface area contributed by atoms with Crippen molar-refractivity contribution in [3.8, 4) is 0 Å². The van der Waals surface area contributed by atoms with Gasteiger partial charge >= 0.3 is 0 Å². The van der Waals surface area contributed by atoms with Crippen molar-refractivity contribution < 1.29 is 4.79 Å². The van der Waals surface area contributed by atoms with Crippen LogP contribution in [0, 0.1) is 6.92 Å². The van der Waals surface area contributed by atoms with Gasteiger partial charge in [-0.05, 0) is 57.6 Å². The Morgan fingerprint density at radius 1 is 1.27 bits per heavy atom. The number of hydrogen-bond donors (Lipinski definition) is 1. The van der Waals surface area contributed by atoms with E-state index >= 15 is 0 Å². The number of amides is 1. The lowest BCUT2D eigenvalue weighted by molar-refractivity contribution is -0.116. The summed E-state index contributed by atoms with van der Waals surface area (Å²) in [5, 5.41) is 2.88. The van der Waals surface area contributed by atoms with E-state index in [1.807, 2.05) is 48.0 Å². The lowest BCUT2D eigenvalue weighted by Crippen LogP contribution is -2.20. The molecule has 0 unspecified atom stereocenters. The first-order valence-corrected chi connectivity index (χ1v) is 9.41. The molecular weight excluding hydrogens is 390 g/mol. The lowest BCUT2D eigenvalue weighted by Gasteiger charge is -2.04. The van der Waals surface area contributed by atoms with Crippen molar-refractivity contribution in [2.24, 2.45) is 0 Å². The quantitative estimate of drug-likeness (QED) is 0.609. The van der Waals surface area contributed by atoms with Crippen LogP contribution in [0.25, 0.3) is 11.7 Å². The summed E-state index contributed by atoms with van der Waals surface area (Å²) in [6.45, 7) is 6.74. The molecule has 2 aromatic heterocycles. The van der Waals surface area contributed by atoms with E-state index in [2.05, 4.69) is 52.2 Å². The normalized spacial score (nSPS) is 11.6. The van der Waals surface area contributed by atoms with E-state index in [0.29, 0.717) is 12.5 Å². The maximum atomic E-state index is 12.1. The summed E-state index contributed by atoms with van der Waals surface area (Å²) in [5.41, 5.74) is 5.12. The Morgan fingerprint density at radius 3 is 2.69 bits per heavy atom. The summed E-state index contributed by atoms with van der Waals surface area (Å²) in [4.78, 5) is 16.6. The molecule has 2 heterocycles. The van der Waals surface area contributed by atoms with E-state index < -0.39 is 0 Å². The molecule has 0 bridgehead atoms. The molecule has 1 amide bonds. The number of halogens is 1. The summed E-state index contributed by atoms with van der Waals surface area (Å²) in [6, 6.07) is 10.3. The second kappa shape index (κ2) is 7.87. The summed E-state index contributed by atoms with van der Waals surface area (Å²) < 4.78 is 2.97. The van der Waals surface area contributed by atoms with Crippen LogP contribution in [-0.4, -0.2) is 15.3 Å². The van der Waals surface area contributed by atoms with Gasteiger partial charge in [0.2, 0.25) is 5.91 Å². The first-order valence-electron chi connectivity index (χ1n) is 8.62. The number of aryl methyl sites for hydroxylation is 1. The molecule has 134 valence electrons. The second-order valence-electron chi connectivity index (χ2n) is 6.68. The van der Waals surface area contributed by atoms with Crippen LogP contribution in [0.3, 0.4) is 0 Å². The second-order valence-corrected chi connectivity index (χ2v) is 7.59. The topological polar surface area (TPSA) is 46.4 Å². The summed E-state index contributed by atoms with van der Waals surface area (Å²) in [6.07, 6.45) is 7.27. The standard InChI is InChI=1S/C21H22BrN3O/c1-14(2)17-7-4-16(5-8-17)6-9-20(26)23-11-19-13-25-12-18(22)10-15(3)21(25)24-19/h4-10,12-14H,11H2,1-3H3,(H,23,26)/b9-6+. The van der Waals surface area contributed by atoms with E-state index in [9.17, 15) is 4.79 Å². The number of rotatable bonds is 5. The summed E-state index contributed by atoms with van der Waals surface area (Å²) in [5.74, 6) is 0.374. The van der Waals surface area contributed by atoms with E-state index in [-0.39, 0.29) is 5.91 Å². The van der Waals surface area contributed by atoms with Crippen LogP contribution in [-0.2, 0) is 11.3 Å². The van der Waals surface area contributed by atoms with Crippen LogP contribution in [0.4, 0.5) is 0 Å². The fraction of sp³-hybridized carbons (Fsp3) is 0.238. The highest BCUT2D eigenvalue weighted by atomic mass is 79.9. The van der Waals surface area contributed by atoms with Gasteiger partial charge in [0.05, 0.1) is 12.2 Å². The van der Waals surface area contributed by atoms with Crippen molar-refractivity contribution in [2.75, 3.05) is 0 Å². The van der Waals surface area contributed by atoms with Crippen LogP contribution in [0.2, 0.25) is 0 Å². The Morgan fingerprint density at radius 2 is 2.00 bits per heavy atom. The monoisotopic (exact) mass is 411 g/mol. The van der Waals surface area contributed by atoms with E-state index in [4.69, 9.17) is 0 Å². The minimum atomic E-state index is -0.132. The average Bonchev–Trinajstić information content (AvgIpc) is 3.01. The largest absolute Gasteiger partial charge is 0.347 e. The maximum absolute atomic E-state index is 12.1. The minimum absolute atomic E-state index is 0.132. The highest BCUT2D eigenvalue weighted by molar-refractivity contribution is 9.10. The Kier molecular flexibility index (Phi) is 5.57. The number of nitrogens with zero attached hydrogens (tertiary/aromatic N) is 2. The fourth-order valence-corrected chi connectivity index (χ4v) is 3.33. The van der Waals surface area contributed by atoms with Gasteiger partial charge in [-0.25, -0.2) is 4.98 Å². The molecule has 0 radical (unpaired) electrons. The number of nitrogens with one attached hydrogen (secondary N) is 1. The van der Waals surface area contributed by atoms with E-state index in [1.165, 1.54) is 5.56 Å². The molecule has 0 aliphatic heterocycles. The predicted octanol–water partition coefficient (Wildman–Crippen LogP) is 4.86. The first kappa shape index (κ1) is 18.4. The predicted molar refractivity (Wildman–Crippen MR) is 109 cm³/mol. The molecule has 0 saturated heterocycles. The Hall–Kier alpha value is -2.40. The molecule has 1 aromatic carbocycles. The Bertz CT molecular complexity index is 955. The molecule has 0 saturated carbocycles. The van der Waals surface area contributed by atoms with Crippen molar-refractivity contribution in [3.05, 3.63) is 75.7 Å². The van der Waals surface area contributed by atoms with E-state index in [0.717, 1.165) is 26.9 Å². The van der Waals surface area contributed by atoms with Crippen molar-refractivity contribution in [3.63, 3.8) is 0 Å². The van der Waals surface area contributed by atoms with Gasteiger partial charge < -0.3 is 9.72 Å². The van der Waals surface area contributed by atoms with Gasteiger partial charge in [0, 0.05) is 22.9 Å². The molecule has 26 heavy (non-hydrogen) atoms. The Balaban J connectivity index is 1.61. The molecule has 0 aliphatic carbocycles. The molecule has 4 nitrogen and oxygen atoms in total. The average molecular weight is 412 g/mol. The van der Waals surface area contributed by atoms with Crippen LogP contribution in [0.5, 0.6) is 0 Å². The van der Waals surface area contributed by atoms with Crippen LogP contribution in [0.1, 0.15) is 42.1 Å². The number of carbonyl (C=O) groups is 1. The summed E-state index contributed by atoms with van der Waals surface area (Å²) in [7, 11) is 0. The Labute approximate surface area is 162 Å². The van der Waals surface area contributed by atoms with Crippen molar-refractivity contribution >= 4 is 33.6 Å². The number of fused-ring (bicyclic) bond motifs is 1. The SMILES string of the molecule is Cc1cc(Br)cn2cc(CNC(=O)/C=C/c3ccc(C(C)C)cc3)nc12. The molecule has 0 aliphatic rings. The summed E-state index contributed by atoms with van der Waals surface area (Å²) >= 11 is 3.48. The molecule has 0 fully saturated rings. The number of hydrogen-bond acceptors (Lipinski definition) is 2. The number of imidazole rings is 1. The zero-order valence-corrected chi connectivity index (χ0v) is 16.7. The zero-order chi connectivity index (χ0) is 18.7. The van der Waals surface area contributed by atoms with Gasteiger partial charge in [0.25, 0.3) is 0 Å². The maximum Gasteiger partial charge on any atom is 0.244 e. The minimum Gasteiger partial charge on any atom is -0.347 e. The number of benzene rings is 1. The highest BCUT2D eigenvalue weighted by Crippen LogP contribution is 2.17. The third kappa shape index (κ3) is 4.41. The van der Waals surface area contributed by atoms with Gasteiger partial charge in [-0.15, -0.1) is 0 Å². The van der Waals surface area contributed by atoms with Gasteiger partial charge in [-0.1, -0.05) is 38.1 Å². The molecule has 0 spiro atoms. The molecule has 5 heteroatoms. The molecule has 3 rings (SSSR count). The van der Waals surface area contributed by atoms with Gasteiger partial charge in [-0.3, -0.25) is 4.79 Å². The van der Waals surface area contributed by atoms with Gasteiger partial charge in [0.1, 0.15) is 5.65 Å². The van der Waals surface area contributed by atoms with Gasteiger partial charge in [-0.2, -0.15) is 0 Å². The number of aromatic nitrogens is 2. The van der Waals surface area contributed by atoms with Crippen LogP contribution < -0.4 is 5.32 Å². The van der Waals surface area contributed by atoms with Crippen molar-refractivity contribution in [1.82, 2.24) is 14.7 Å². The third-order valence-corrected chi connectivity index (χ3v) is 4.66. The van der Waals surface area contributed by atoms with Crippen LogP contribution in [0.15, 0.2) is 53.3 Å². The first-order chi connectivity index (χ1) is 12.4. The molecular formula is C21H22BrN3O. The number of pyridine rings is 1. The van der Waals surface area contributed by atoms with Crippen molar-refractivity contribution in [2.45, 2.75) is 33.2 Å². The van der Waals surface area contributed by atoms with E-state index in [1.54, 1.807) is 6.08 Å². The zero-order valence-electron chi connectivity index (χ0n) is 15.2. The molecule has 1 N–H and O–H groups in total. The number of carbonyl (C=O) groups excluding carboxylic acids is 1. The third-order valence-electron chi connectivity index (χ3n) is 4.23. The fourth-order valence-electron chi connectivity index (χ4n) is 2.76. The van der Waals surface area contributed by atoms with Crippen molar-refractivity contribution in [1.29, 1.82) is 0 Å². The smallest absolute Gasteiger partial charge is 0.244 e. The lowest BCUT2D eigenvalue weighted by atomic mass is 10.0. The molecule has 3 aromatic rings. The van der Waals surface area contributed by atoms with Crippen LogP contribution >= 0.6 is 15.9 Å².